The number of nitrogens with one attached hydrogen (secondary N) is 1. The maximum atomic E-state index is 12.1. The van der Waals surface area contributed by atoms with Crippen LogP contribution in [-0.2, 0) is 0 Å². The first-order valence-electron chi connectivity index (χ1n) is 7.72. The van der Waals surface area contributed by atoms with Gasteiger partial charge in [-0.2, -0.15) is 0 Å². The minimum Gasteiger partial charge on any atom is -0.373 e. The van der Waals surface area contributed by atoms with E-state index in [-0.39, 0.29) is 5.91 Å². The molecule has 0 saturated carbocycles. The number of benzene rings is 2. The van der Waals surface area contributed by atoms with Gasteiger partial charge in [-0.25, -0.2) is 0 Å². The number of hydrogen-bond donors (Lipinski definition) is 1. The second kappa shape index (κ2) is 7.64. The van der Waals surface area contributed by atoms with E-state index in [4.69, 9.17) is 0 Å². The second-order valence-electron chi connectivity index (χ2n) is 5.79. The van der Waals surface area contributed by atoms with E-state index < -0.39 is 0 Å². The van der Waals surface area contributed by atoms with Crippen LogP contribution in [0.25, 0.3) is 0 Å². The van der Waals surface area contributed by atoms with Gasteiger partial charge in [-0.3, -0.25) is 4.79 Å². The third kappa shape index (κ3) is 4.35. The zero-order valence-electron chi connectivity index (χ0n) is 13.5. The summed E-state index contributed by atoms with van der Waals surface area (Å²) < 4.78 is 0. The summed E-state index contributed by atoms with van der Waals surface area (Å²) in [5.74, 6) is 0.466. The number of carbonyl (C=O) groups excluding carboxylic acids is 1. The molecule has 0 unspecified atom stereocenters. The second-order valence-corrected chi connectivity index (χ2v) is 5.79. The highest BCUT2D eigenvalue weighted by Crippen LogP contribution is 2.14. The highest BCUT2D eigenvalue weighted by molar-refractivity contribution is 5.94. The first-order chi connectivity index (χ1) is 10.6. The summed E-state index contributed by atoms with van der Waals surface area (Å²) in [6, 6.07) is 18.0. The monoisotopic (exact) mass is 296 g/mol. The van der Waals surface area contributed by atoms with Crippen LogP contribution in [0.15, 0.2) is 54.6 Å². The molecule has 2 aromatic rings. The third-order valence-corrected chi connectivity index (χ3v) is 3.77. The van der Waals surface area contributed by atoms with Gasteiger partial charge in [0.25, 0.3) is 5.91 Å². The van der Waals surface area contributed by atoms with Crippen molar-refractivity contribution in [2.45, 2.75) is 19.8 Å². The van der Waals surface area contributed by atoms with Crippen LogP contribution in [-0.4, -0.2) is 26.0 Å². The normalized spacial score (nSPS) is 10.5. The molecule has 0 bridgehead atoms. The van der Waals surface area contributed by atoms with Gasteiger partial charge in [0.05, 0.1) is 0 Å². The Balaban J connectivity index is 1.82. The van der Waals surface area contributed by atoms with Crippen LogP contribution in [0.1, 0.15) is 35.7 Å². The molecule has 0 radical (unpaired) electrons. The maximum Gasteiger partial charge on any atom is 0.251 e. The SMILES string of the molecule is CC(C)c1ccc(C(=O)NCCN(C)c2ccccc2)cc1. The fraction of sp³-hybridized carbons (Fsp3) is 0.316. The van der Waals surface area contributed by atoms with Gasteiger partial charge in [-0.1, -0.05) is 44.2 Å². The highest BCUT2D eigenvalue weighted by atomic mass is 16.1. The lowest BCUT2D eigenvalue weighted by atomic mass is 10.0. The number of nitrogens with zero attached hydrogens (tertiary/aromatic N) is 1. The van der Waals surface area contributed by atoms with Crippen LogP contribution in [0.3, 0.4) is 0 Å². The molecule has 0 atom stereocenters. The van der Waals surface area contributed by atoms with Crippen molar-refractivity contribution >= 4 is 11.6 Å². The van der Waals surface area contributed by atoms with Crippen LogP contribution in [0.2, 0.25) is 0 Å². The van der Waals surface area contributed by atoms with Crippen molar-refractivity contribution in [1.82, 2.24) is 5.32 Å². The molecule has 1 N–H and O–H groups in total. The summed E-state index contributed by atoms with van der Waals surface area (Å²) >= 11 is 0. The molecule has 0 aliphatic heterocycles. The van der Waals surface area contributed by atoms with Gasteiger partial charge >= 0.3 is 0 Å². The number of carbonyl (C=O) groups is 1. The number of likely N-dealkylation sites (N-methyl/N-ethyl adjacent to an activating group) is 1. The van der Waals surface area contributed by atoms with Crippen molar-refractivity contribution in [1.29, 1.82) is 0 Å². The lowest BCUT2D eigenvalue weighted by molar-refractivity contribution is 0.0954. The Bertz CT molecular complexity index is 591. The Morgan fingerprint density at radius 2 is 1.68 bits per heavy atom. The molecular weight excluding hydrogens is 272 g/mol. The quantitative estimate of drug-likeness (QED) is 0.882. The van der Waals surface area contributed by atoms with Crippen molar-refractivity contribution in [2.24, 2.45) is 0 Å². The molecule has 22 heavy (non-hydrogen) atoms. The van der Waals surface area contributed by atoms with E-state index in [9.17, 15) is 4.79 Å². The molecule has 0 fully saturated rings. The van der Waals surface area contributed by atoms with Gasteiger partial charge in [-0.05, 0) is 35.7 Å². The number of para-hydroxylation sites is 1. The highest BCUT2D eigenvalue weighted by Gasteiger charge is 2.07. The van der Waals surface area contributed by atoms with E-state index in [2.05, 4.69) is 36.2 Å². The van der Waals surface area contributed by atoms with Crippen LogP contribution in [0, 0.1) is 0 Å². The molecule has 0 heterocycles. The van der Waals surface area contributed by atoms with Crippen LogP contribution in [0.4, 0.5) is 5.69 Å². The average molecular weight is 296 g/mol. The van der Waals surface area contributed by atoms with Gasteiger partial charge in [-0.15, -0.1) is 0 Å². The van der Waals surface area contributed by atoms with Gasteiger partial charge in [0.15, 0.2) is 0 Å². The lowest BCUT2D eigenvalue weighted by Crippen LogP contribution is -2.32. The Hall–Kier alpha value is -2.29. The molecule has 3 heteroatoms. The summed E-state index contributed by atoms with van der Waals surface area (Å²) in [5, 5.41) is 2.97. The van der Waals surface area contributed by atoms with E-state index >= 15 is 0 Å². The predicted molar refractivity (Wildman–Crippen MR) is 92.6 cm³/mol. The smallest absolute Gasteiger partial charge is 0.251 e. The summed E-state index contributed by atoms with van der Waals surface area (Å²) in [4.78, 5) is 14.2. The van der Waals surface area contributed by atoms with Crippen LogP contribution in [0.5, 0.6) is 0 Å². The van der Waals surface area contributed by atoms with Crippen molar-refractivity contribution in [3.63, 3.8) is 0 Å². The Morgan fingerprint density at radius 1 is 1.05 bits per heavy atom. The van der Waals surface area contributed by atoms with E-state index in [0.29, 0.717) is 18.0 Å². The maximum absolute atomic E-state index is 12.1. The minimum atomic E-state index is -0.0169. The fourth-order valence-corrected chi connectivity index (χ4v) is 2.27. The number of rotatable bonds is 6. The first kappa shape index (κ1) is 16.1. The molecule has 0 aromatic heterocycles. The average Bonchev–Trinajstić information content (AvgIpc) is 2.55. The minimum absolute atomic E-state index is 0.0169. The molecule has 3 nitrogen and oxygen atoms in total. The Labute approximate surface area is 133 Å². The summed E-state index contributed by atoms with van der Waals surface area (Å²) in [6.07, 6.45) is 0. The summed E-state index contributed by atoms with van der Waals surface area (Å²) in [5.41, 5.74) is 3.12. The number of anilines is 1. The van der Waals surface area contributed by atoms with Crippen molar-refractivity contribution < 1.29 is 4.79 Å². The van der Waals surface area contributed by atoms with Crippen molar-refractivity contribution in [3.8, 4) is 0 Å². The predicted octanol–water partition coefficient (Wildman–Crippen LogP) is 3.68. The first-order valence-corrected chi connectivity index (χ1v) is 7.72. The van der Waals surface area contributed by atoms with Crippen molar-refractivity contribution in [3.05, 3.63) is 65.7 Å². The van der Waals surface area contributed by atoms with Crippen LogP contribution >= 0.6 is 0 Å². The number of amides is 1. The fourth-order valence-electron chi connectivity index (χ4n) is 2.27. The number of hydrogen-bond acceptors (Lipinski definition) is 2. The topological polar surface area (TPSA) is 32.3 Å². The molecule has 2 aromatic carbocycles. The van der Waals surface area contributed by atoms with Gasteiger partial charge in [0.2, 0.25) is 0 Å². The largest absolute Gasteiger partial charge is 0.373 e. The molecule has 0 saturated heterocycles. The molecule has 0 aliphatic carbocycles. The van der Waals surface area contributed by atoms with E-state index in [1.165, 1.54) is 5.56 Å². The Morgan fingerprint density at radius 3 is 2.27 bits per heavy atom. The zero-order valence-corrected chi connectivity index (χ0v) is 13.5. The molecule has 1 amide bonds. The van der Waals surface area contributed by atoms with Gasteiger partial charge in [0.1, 0.15) is 0 Å². The molecule has 2 rings (SSSR count). The Kier molecular flexibility index (Phi) is 5.59. The van der Waals surface area contributed by atoms with E-state index in [1.54, 1.807) is 0 Å². The van der Waals surface area contributed by atoms with Crippen molar-refractivity contribution in [2.75, 3.05) is 25.0 Å². The van der Waals surface area contributed by atoms with E-state index in [0.717, 1.165) is 12.2 Å². The summed E-state index contributed by atoms with van der Waals surface area (Å²) in [6.45, 7) is 5.69. The molecular formula is C19H24N2O. The van der Waals surface area contributed by atoms with E-state index in [1.807, 2.05) is 49.5 Å². The molecule has 0 spiro atoms. The molecule has 116 valence electrons. The zero-order chi connectivity index (χ0) is 15.9. The van der Waals surface area contributed by atoms with Crippen LogP contribution < -0.4 is 10.2 Å². The lowest BCUT2D eigenvalue weighted by Gasteiger charge is -2.19. The third-order valence-electron chi connectivity index (χ3n) is 3.77. The van der Waals surface area contributed by atoms with Gasteiger partial charge < -0.3 is 10.2 Å². The van der Waals surface area contributed by atoms with Gasteiger partial charge in [0, 0.05) is 31.4 Å². The molecule has 0 aliphatic rings. The summed E-state index contributed by atoms with van der Waals surface area (Å²) in [7, 11) is 2.03. The standard InChI is InChI=1S/C19H24N2O/c1-15(2)16-9-11-17(12-10-16)19(22)20-13-14-21(3)18-7-5-4-6-8-18/h4-12,15H,13-14H2,1-3H3,(H,20,22).